The molecule has 0 saturated carbocycles. The van der Waals surface area contributed by atoms with Crippen molar-refractivity contribution < 1.29 is 0 Å². The van der Waals surface area contributed by atoms with Crippen LogP contribution in [0.1, 0.15) is 30.9 Å². The minimum Gasteiger partial charge on any atom is -0.343 e. The Balaban J connectivity index is 1.85. The zero-order valence-corrected chi connectivity index (χ0v) is 14.3. The summed E-state index contributed by atoms with van der Waals surface area (Å²) >= 11 is 6.11. The van der Waals surface area contributed by atoms with Crippen LogP contribution >= 0.6 is 11.6 Å². The lowest BCUT2D eigenvalue weighted by Gasteiger charge is -2.06. The SMILES string of the molecule is CCCCNCc1cn(Cc2cccc(Cl)c2)c2ccccc12. The van der Waals surface area contributed by atoms with Crippen LogP contribution in [0.2, 0.25) is 5.02 Å². The summed E-state index contributed by atoms with van der Waals surface area (Å²) < 4.78 is 2.32. The number of para-hydroxylation sites is 1. The first-order chi connectivity index (χ1) is 11.3. The smallest absolute Gasteiger partial charge is 0.0486 e. The number of aromatic nitrogens is 1. The molecule has 0 bridgehead atoms. The first kappa shape index (κ1) is 16.1. The van der Waals surface area contributed by atoms with Gasteiger partial charge in [-0.3, -0.25) is 0 Å². The lowest BCUT2D eigenvalue weighted by atomic mass is 10.2. The minimum absolute atomic E-state index is 0.792. The number of hydrogen-bond acceptors (Lipinski definition) is 1. The Morgan fingerprint density at radius 3 is 2.78 bits per heavy atom. The van der Waals surface area contributed by atoms with Gasteiger partial charge in [-0.2, -0.15) is 0 Å². The fraction of sp³-hybridized carbons (Fsp3) is 0.300. The molecule has 120 valence electrons. The van der Waals surface area contributed by atoms with E-state index in [4.69, 9.17) is 11.6 Å². The molecule has 0 unspecified atom stereocenters. The standard InChI is InChI=1S/C20H23ClN2/c1-2-3-11-22-13-17-15-23(20-10-5-4-9-19(17)20)14-16-7-6-8-18(21)12-16/h4-10,12,15,22H,2-3,11,13-14H2,1H3. The van der Waals surface area contributed by atoms with Gasteiger partial charge in [0.05, 0.1) is 0 Å². The third-order valence-corrected chi connectivity index (χ3v) is 4.37. The lowest BCUT2D eigenvalue weighted by molar-refractivity contribution is 0.641. The van der Waals surface area contributed by atoms with E-state index in [9.17, 15) is 0 Å². The summed E-state index contributed by atoms with van der Waals surface area (Å²) in [5, 5.41) is 5.67. The highest BCUT2D eigenvalue weighted by Crippen LogP contribution is 2.23. The first-order valence-corrected chi connectivity index (χ1v) is 8.67. The van der Waals surface area contributed by atoms with Gasteiger partial charge in [0, 0.05) is 35.2 Å². The number of fused-ring (bicyclic) bond motifs is 1. The molecule has 0 saturated heterocycles. The average molecular weight is 327 g/mol. The Morgan fingerprint density at radius 2 is 1.96 bits per heavy atom. The van der Waals surface area contributed by atoms with Crippen LogP contribution < -0.4 is 5.32 Å². The van der Waals surface area contributed by atoms with Crippen molar-refractivity contribution in [2.75, 3.05) is 6.54 Å². The third kappa shape index (κ3) is 3.95. The predicted molar refractivity (Wildman–Crippen MR) is 99.1 cm³/mol. The van der Waals surface area contributed by atoms with E-state index in [-0.39, 0.29) is 0 Å². The van der Waals surface area contributed by atoms with E-state index in [1.54, 1.807) is 0 Å². The number of rotatable bonds is 7. The van der Waals surface area contributed by atoms with Crippen molar-refractivity contribution in [2.45, 2.75) is 32.9 Å². The molecule has 3 rings (SSSR count). The summed E-state index contributed by atoms with van der Waals surface area (Å²) in [6.45, 7) is 5.06. The topological polar surface area (TPSA) is 17.0 Å². The highest BCUT2D eigenvalue weighted by molar-refractivity contribution is 6.30. The molecular weight excluding hydrogens is 304 g/mol. The van der Waals surface area contributed by atoms with Crippen molar-refractivity contribution in [3.8, 4) is 0 Å². The van der Waals surface area contributed by atoms with Crippen LogP contribution in [0.15, 0.2) is 54.7 Å². The van der Waals surface area contributed by atoms with Gasteiger partial charge in [-0.05, 0) is 42.3 Å². The number of nitrogens with one attached hydrogen (secondary N) is 1. The van der Waals surface area contributed by atoms with Crippen molar-refractivity contribution in [1.82, 2.24) is 9.88 Å². The van der Waals surface area contributed by atoms with Crippen LogP contribution in [0.3, 0.4) is 0 Å². The van der Waals surface area contributed by atoms with Gasteiger partial charge in [-0.15, -0.1) is 0 Å². The van der Waals surface area contributed by atoms with Gasteiger partial charge < -0.3 is 9.88 Å². The van der Waals surface area contributed by atoms with Crippen LogP contribution in [-0.2, 0) is 13.1 Å². The molecule has 0 amide bonds. The molecule has 0 aliphatic carbocycles. The molecule has 1 heterocycles. The summed E-state index contributed by atoms with van der Waals surface area (Å²) in [6.07, 6.45) is 4.72. The quantitative estimate of drug-likeness (QED) is 0.588. The molecule has 0 spiro atoms. The Bertz CT molecular complexity index is 776. The molecule has 3 aromatic rings. The van der Waals surface area contributed by atoms with Crippen molar-refractivity contribution in [1.29, 1.82) is 0 Å². The molecule has 1 N–H and O–H groups in total. The second-order valence-electron chi connectivity index (χ2n) is 5.96. The van der Waals surface area contributed by atoms with Crippen LogP contribution in [0.25, 0.3) is 10.9 Å². The Labute approximate surface area is 143 Å². The summed E-state index contributed by atoms with van der Waals surface area (Å²) in [5.74, 6) is 0. The maximum atomic E-state index is 6.11. The van der Waals surface area contributed by atoms with E-state index in [0.717, 1.165) is 24.7 Å². The first-order valence-electron chi connectivity index (χ1n) is 8.30. The van der Waals surface area contributed by atoms with E-state index >= 15 is 0 Å². The Hall–Kier alpha value is -1.77. The molecule has 3 heteroatoms. The molecule has 1 aromatic heterocycles. The van der Waals surface area contributed by atoms with Crippen LogP contribution in [0, 0.1) is 0 Å². The van der Waals surface area contributed by atoms with E-state index < -0.39 is 0 Å². The third-order valence-electron chi connectivity index (χ3n) is 4.14. The van der Waals surface area contributed by atoms with Crippen molar-refractivity contribution in [2.24, 2.45) is 0 Å². The number of unbranched alkanes of at least 4 members (excludes halogenated alkanes) is 1. The van der Waals surface area contributed by atoms with Gasteiger partial charge in [0.1, 0.15) is 0 Å². The van der Waals surface area contributed by atoms with E-state index in [0.29, 0.717) is 0 Å². The molecule has 23 heavy (non-hydrogen) atoms. The Kier molecular flexibility index (Phi) is 5.37. The summed E-state index contributed by atoms with van der Waals surface area (Å²) in [4.78, 5) is 0. The zero-order valence-electron chi connectivity index (χ0n) is 13.6. The maximum absolute atomic E-state index is 6.11. The van der Waals surface area contributed by atoms with Gasteiger partial charge in [-0.1, -0.05) is 55.3 Å². The van der Waals surface area contributed by atoms with E-state index in [1.165, 1.54) is 34.9 Å². The summed E-state index contributed by atoms with van der Waals surface area (Å²) in [5.41, 5.74) is 3.86. The largest absolute Gasteiger partial charge is 0.343 e. The van der Waals surface area contributed by atoms with Crippen LogP contribution in [0.4, 0.5) is 0 Å². The van der Waals surface area contributed by atoms with Crippen molar-refractivity contribution in [3.63, 3.8) is 0 Å². The number of benzene rings is 2. The molecule has 0 radical (unpaired) electrons. The normalized spacial score (nSPS) is 11.2. The van der Waals surface area contributed by atoms with E-state index in [1.807, 2.05) is 18.2 Å². The lowest BCUT2D eigenvalue weighted by Crippen LogP contribution is -2.14. The molecular formula is C20H23ClN2. The highest BCUT2D eigenvalue weighted by Gasteiger charge is 2.08. The average Bonchev–Trinajstić information content (AvgIpc) is 2.90. The minimum atomic E-state index is 0.792. The van der Waals surface area contributed by atoms with Gasteiger partial charge >= 0.3 is 0 Å². The van der Waals surface area contributed by atoms with Gasteiger partial charge in [0.15, 0.2) is 0 Å². The number of nitrogens with zero attached hydrogens (tertiary/aromatic N) is 1. The monoisotopic (exact) mass is 326 g/mol. The van der Waals surface area contributed by atoms with Crippen molar-refractivity contribution >= 4 is 22.5 Å². The van der Waals surface area contributed by atoms with Gasteiger partial charge in [0.25, 0.3) is 0 Å². The fourth-order valence-corrected chi connectivity index (χ4v) is 3.16. The highest BCUT2D eigenvalue weighted by atomic mass is 35.5. The number of hydrogen-bond donors (Lipinski definition) is 1. The summed E-state index contributed by atoms with van der Waals surface area (Å²) in [6, 6.07) is 16.7. The van der Waals surface area contributed by atoms with E-state index in [2.05, 4.69) is 53.3 Å². The van der Waals surface area contributed by atoms with Crippen LogP contribution in [0.5, 0.6) is 0 Å². The molecule has 0 atom stereocenters. The predicted octanol–water partition coefficient (Wildman–Crippen LogP) is 5.23. The fourth-order valence-electron chi connectivity index (χ4n) is 2.95. The molecule has 0 aliphatic heterocycles. The Morgan fingerprint density at radius 1 is 1.09 bits per heavy atom. The molecule has 2 aromatic carbocycles. The molecule has 0 fully saturated rings. The second kappa shape index (κ2) is 7.67. The van der Waals surface area contributed by atoms with Crippen LogP contribution in [-0.4, -0.2) is 11.1 Å². The van der Waals surface area contributed by atoms with Crippen molar-refractivity contribution in [3.05, 3.63) is 70.9 Å². The summed E-state index contributed by atoms with van der Waals surface area (Å²) in [7, 11) is 0. The molecule has 0 aliphatic rings. The molecule has 2 nitrogen and oxygen atoms in total. The zero-order chi connectivity index (χ0) is 16.1. The van der Waals surface area contributed by atoms with Gasteiger partial charge in [-0.25, -0.2) is 0 Å². The maximum Gasteiger partial charge on any atom is 0.0486 e. The van der Waals surface area contributed by atoms with Gasteiger partial charge in [0.2, 0.25) is 0 Å². The second-order valence-corrected chi connectivity index (χ2v) is 6.40. The number of halogens is 1.